The molecule has 2 aromatic carbocycles. The van der Waals surface area contributed by atoms with Crippen LogP contribution in [0.25, 0.3) is 10.1 Å². The van der Waals surface area contributed by atoms with E-state index in [0.29, 0.717) is 5.69 Å². The zero-order chi connectivity index (χ0) is 18.6. The number of piperazine rings is 1. The van der Waals surface area contributed by atoms with Gasteiger partial charge in [-0.2, -0.15) is 4.37 Å². The molecule has 0 unspecified atom stereocenters. The van der Waals surface area contributed by atoms with Crippen LogP contribution < -0.4 is 10.2 Å². The van der Waals surface area contributed by atoms with Crippen molar-refractivity contribution >= 4 is 39.2 Å². The first kappa shape index (κ1) is 17.8. The number of fused-ring (bicyclic) bond motifs is 1. The second kappa shape index (κ2) is 7.94. The Kier molecular flexibility index (Phi) is 5.22. The number of anilines is 2. The number of rotatable bonds is 5. The lowest BCUT2D eigenvalue weighted by Gasteiger charge is -2.35. The third-order valence-electron chi connectivity index (χ3n) is 4.99. The second-order valence-corrected chi connectivity index (χ2v) is 7.47. The summed E-state index contributed by atoms with van der Waals surface area (Å²) >= 11 is 1.56. The van der Waals surface area contributed by atoms with Gasteiger partial charge in [0.15, 0.2) is 0 Å². The van der Waals surface area contributed by atoms with Crippen LogP contribution in [0.3, 0.4) is 0 Å². The number of hydrogen-bond acceptors (Lipinski definition) is 5. The van der Waals surface area contributed by atoms with Crippen LogP contribution in [0, 0.1) is 0 Å². The maximum atomic E-state index is 10.9. The van der Waals surface area contributed by atoms with Crippen molar-refractivity contribution in [1.29, 1.82) is 0 Å². The smallest absolute Gasteiger partial charge is 0.409 e. The van der Waals surface area contributed by atoms with E-state index in [1.54, 1.807) is 11.5 Å². The van der Waals surface area contributed by atoms with Crippen LogP contribution in [0.5, 0.6) is 0 Å². The van der Waals surface area contributed by atoms with E-state index in [1.807, 2.05) is 24.3 Å². The summed E-state index contributed by atoms with van der Waals surface area (Å²) in [6.45, 7) is 4.82. The van der Waals surface area contributed by atoms with Gasteiger partial charge in [0.2, 0.25) is 0 Å². The van der Waals surface area contributed by atoms with Crippen molar-refractivity contribution in [3.8, 4) is 0 Å². The summed E-state index contributed by atoms with van der Waals surface area (Å²) in [7, 11) is 0. The highest BCUT2D eigenvalue weighted by molar-refractivity contribution is 7.13. The number of carboxylic acid groups (broad SMARTS) is 1. The Labute approximate surface area is 162 Å². The Morgan fingerprint density at radius 2 is 1.81 bits per heavy atom. The number of nitrogens with one attached hydrogen (secondary N) is 1. The Bertz CT molecular complexity index is 934. The first-order valence-corrected chi connectivity index (χ1v) is 9.87. The van der Waals surface area contributed by atoms with Gasteiger partial charge in [0, 0.05) is 43.8 Å². The minimum absolute atomic E-state index is 0.678. The molecule has 1 saturated heterocycles. The minimum atomic E-state index is -1.02. The molecule has 1 aliphatic rings. The van der Waals surface area contributed by atoms with Crippen LogP contribution >= 0.6 is 11.5 Å². The van der Waals surface area contributed by atoms with E-state index < -0.39 is 6.09 Å². The summed E-state index contributed by atoms with van der Waals surface area (Å²) in [5.41, 5.74) is 1.71. The Balaban J connectivity index is 1.34. The van der Waals surface area contributed by atoms with Gasteiger partial charge in [-0.25, -0.2) is 4.79 Å². The number of amides is 1. The summed E-state index contributed by atoms with van der Waals surface area (Å²) in [6.07, 6.45) is -0.192. The summed E-state index contributed by atoms with van der Waals surface area (Å²) < 4.78 is 5.90. The van der Waals surface area contributed by atoms with Gasteiger partial charge >= 0.3 is 6.09 Å². The molecule has 1 fully saturated rings. The predicted molar refractivity (Wildman–Crippen MR) is 110 cm³/mol. The third-order valence-corrected chi connectivity index (χ3v) is 5.80. The van der Waals surface area contributed by atoms with Crippen molar-refractivity contribution in [3.63, 3.8) is 0 Å². The van der Waals surface area contributed by atoms with Crippen molar-refractivity contribution < 1.29 is 9.90 Å². The van der Waals surface area contributed by atoms with Crippen molar-refractivity contribution in [2.45, 2.75) is 6.42 Å². The Morgan fingerprint density at radius 3 is 2.63 bits per heavy atom. The van der Waals surface area contributed by atoms with Crippen molar-refractivity contribution in [2.24, 2.45) is 0 Å². The maximum absolute atomic E-state index is 10.9. The number of nitrogens with zero attached hydrogens (tertiary/aromatic N) is 3. The van der Waals surface area contributed by atoms with E-state index in [4.69, 9.17) is 5.11 Å². The van der Waals surface area contributed by atoms with Crippen molar-refractivity contribution in [2.75, 3.05) is 42.9 Å². The van der Waals surface area contributed by atoms with E-state index >= 15 is 0 Å². The molecule has 3 aromatic rings. The lowest BCUT2D eigenvalue weighted by Crippen LogP contribution is -2.47. The van der Waals surface area contributed by atoms with Crippen LogP contribution in [0.1, 0.15) is 5.56 Å². The molecule has 6 nitrogen and oxygen atoms in total. The first-order valence-electron chi connectivity index (χ1n) is 9.10. The van der Waals surface area contributed by atoms with Crippen LogP contribution in [-0.4, -0.2) is 53.2 Å². The van der Waals surface area contributed by atoms with Gasteiger partial charge in [0.25, 0.3) is 0 Å². The van der Waals surface area contributed by atoms with Gasteiger partial charge in [0.05, 0.1) is 4.70 Å². The van der Waals surface area contributed by atoms with Crippen molar-refractivity contribution in [3.05, 3.63) is 54.1 Å². The Hall–Kier alpha value is -2.64. The molecule has 27 heavy (non-hydrogen) atoms. The fraction of sp³-hybridized carbons (Fsp3) is 0.300. The molecule has 0 bridgehead atoms. The number of benzene rings is 2. The molecule has 1 amide bonds. The fourth-order valence-corrected chi connectivity index (χ4v) is 4.33. The van der Waals surface area contributed by atoms with Gasteiger partial charge in [-0.3, -0.25) is 10.2 Å². The normalized spacial score (nSPS) is 15.2. The van der Waals surface area contributed by atoms with E-state index in [2.05, 4.69) is 43.8 Å². The van der Waals surface area contributed by atoms with E-state index in [0.717, 1.165) is 50.5 Å². The average Bonchev–Trinajstić information content (AvgIpc) is 3.11. The summed E-state index contributed by atoms with van der Waals surface area (Å²) in [5, 5.41) is 12.7. The van der Waals surface area contributed by atoms with Gasteiger partial charge < -0.3 is 10.0 Å². The molecule has 0 aliphatic carbocycles. The van der Waals surface area contributed by atoms with Crippen LogP contribution in [0.15, 0.2) is 48.5 Å². The van der Waals surface area contributed by atoms with E-state index in [1.165, 1.54) is 10.1 Å². The monoisotopic (exact) mass is 382 g/mol. The van der Waals surface area contributed by atoms with Crippen LogP contribution in [0.2, 0.25) is 0 Å². The van der Waals surface area contributed by atoms with Crippen molar-refractivity contribution in [1.82, 2.24) is 9.27 Å². The average molecular weight is 382 g/mol. The zero-order valence-electron chi connectivity index (χ0n) is 15.0. The topological polar surface area (TPSA) is 68.7 Å². The molecular formula is C20H22N4O2S. The fourth-order valence-electron chi connectivity index (χ4n) is 3.54. The highest BCUT2D eigenvalue weighted by atomic mass is 32.1. The highest BCUT2D eigenvalue weighted by Crippen LogP contribution is 2.29. The minimum Gasteiger partial charge on any atom is -0.465 e. The second-order valence-electron chi connectivity index (χ2n) is 6.67. The first-order chi connectivity index (χ1) is 13.2. The van der Waals surface area contributed by atoms with Crippen LogP contribution in [0.4, 0.5) is 16.3 Å². The molecule has 0 radical (unpaired) electrons. The van der Waals surface area contributed by atoms with E-state index in [9.17, 15) is 4.79 Å². The lowest BCUT2D eigenvalue weighted by atomic mass is 10.1. The number of carbonyl (C=O) groups is 1. The van der Waals surface area contributed by atoms with Gasteiger partial charge in [-0.15, -0.1) is 0 Å². The quantitative estimate of drug-likeness (QED) is 0.703. The van der Waals surface area contributed by atoms with Crippen LogP contribution in [-0.2, 0) is 6.42 Å². The molecule has 2 heterocycles. The molecule has 0 atom stereocenters. The molecule has 0 spiro atoms. The molecule has 2 N–H and O–H groups in total. The number of hydrogen-bond donors (Lipinski definition) is 2. The number of aromatic nitrogens is 1. The molecule has 7 heteroatoms. The lowest BCUT2D eigenvalue weighted by molar-refractivity contribution is 0.209. The van der Waals surface area contributed by atoms with Gasteiger partial charge in [-0.1, -0.05) is 30.3 Å². The summed E-state index contributed by atoms with van der Waals surface area (Å²) in [6, 6.07) is 16.0. The largest absolute Gasteiger partial charge is 0.465 e. The maximum Gasteiger partial charge on any atom is 0.409 e. The standard InChI is InChI=1S/C20H22N4O2S/c25-20(26)21-17-7-3-1-5-15(17)9-10-23-11-13-24(14-12-23)19-16-6-2-4-8-18(16)27-22-19/h1-8,21H,9-14H2,(H,25,26). The number of para-hydroxylation sites is 1. The molecule has 0 saturated carbocycles. The molecule has 140 valence electrons. The van der Waals surface area contributed by atoms with Gasteiger partial charge in [-0.05, 0) is 41.7 Å². The van der Waals surface area contributed by atoms with E-state index in [-0.39, 0.29) is 0 Å². The Morgan fingerprint density at radius 1 is 1.07 bits per heavy atom. The molecule has 4 rings (SSSR count). The predicted octanol–water partition coefficient (Wildman–Crippen LogP) is 3.75. The summed E-state index contributed by atoms with van der Waals surface area (Å²) in [4.78, 5) is 15.7. The highest BCUT2D eigenvalue weighted by Gasteiger charge is 2.20. The van der Waals surface area contributed by atoms with Gasteiger partial charge in [0.1, 0.15) is 5.82 Å². The summed E-state index contributed by atoms with van der Waals surface area (Å²) in [5.74, 6) is 1.10. The SMILES string of the molecule is O=C(O)Nc1ccccc1CCN1CCN(c2nsc3ccccc23)CC1. The zero-order valence-corrected chi connectivity index (χ0v) is 15.8. The third kappa shape index (κ3) is 4.04. The molecule has 1 aliphatic heterocycles. The molecular weight excluding hydrogens is 360 g/mol. The molecule has 1 aromatic heterocycles.